The second kappa shape index (κ2) is 20.1. The van der Waals surface area contributed by atoms with Crippen molar-refractivity contribution in [1.29, 1.82) is 0 Å². The van der Waals surface area contributed by atoms with E-state index in [0.717, 1.165) is 9.52 Å². The number of aryl methyl sites for hydroxylation is 2. The van der Waals surface area contributed by atoms with E-state index >= 15 is 0 Å². The Balaban J connectivity index is 0. The largest absolute Gasteiger partial charge is 4.00 e. The summed E-state index contributed by atoms with van der Waals surface area (Å²) in [6.45, 7) is 8.78. The summed E-state index contributed by atoms with van der Waals surface area (Å²) in [5.74, 6) is 0. The Morgan fingerprint density at radius 2 is 1.00 bits per heavy atom. The Bertz CT molecular complexity index is 814. The molecule has 0 aromatic heterocycles. The van der Waals surface area contributed by atoms with Crippen molar-refractivity contribution in [2.24, 2.45) is 0 Å². The van der Waals surface area contributed by atoms with Gasteiger partial charge in [-0.05, 0) is 12.8 Å². The molecule has 2 radical (unpaired) electrons. The van der Waals surface area contributed by atoms with Gasteiger partial charge in [0.1, 0.15) is 0 Å². The Hall–Kier alpha value is -0.280. The summed E-state index contributed by atoms with van der Waals surface area (Å²) >= 11 is 0. The van der Waals surface area contributed by atoms with Gasteiger partial charge in [-0.1, -0.05) is 64.8 Å². The van der Waals surface area contributed by atoms with Crippen LogP contribution in [-0.4, -0.2) is 9.52 Å². The van der Waals surface area contributed by atoms with Crippen LogP contribution in [0.4, 0.5) is 0 Å². The predicted octanol–water partition coefficient (Wildman–Crippen LogP) is 2.59. The van der Waals surface area contributed by atoms with Gasteiger partial charge in [0.25, 0.3) is 0 Å². The molecule has 4 aromatic rings. The maximum atomic E-state index is 2.31. The predicted molar refractivity (Wildman–Crippen MR) is 134 cm³/mol. The zero-order valence-corrected chi connectivity index (χ0v) is 26.6. The quantitative estimate of drug-likeness (QED) is 0.222. The van der Waals surface area contributed by atoms with E-state index in [1.807, 2.05) is 0 Å². The first-order valence-electron chi connectivity index (χ1n) is 11.1. The van der Waals surface area contributed by atoms with Crippen LogP contribution in [0.15, 0.2) is 72.8 Å². The zero-order chi connectivity index (χ0) is 20.9. The molecule has 4 aromatic carbocycles. The molecular formula is C28H36Br2SiZr. The average molecular weight is 652 g/mol. The molecule has 0 bridgehead atoms. The summed E-state index contributed by atoms with van der Waals surface area (Å²) < 4.78 is 0. The first-order valence-corrected chi connectivity index (χ1v) is 13.1. The molecule has 0 saturated heterocycles. The van der Waals surface area contributed by atoms with Gasteiger partial charge in [-0.15, -0.1) is 81.2 Å². The summed E-state index contributed by atoms with van der Waals surface area (Å²) in [6.07, 6.45) is 7.62. The van der Waals surface area contributed by atoms with Crippen molar-refractivity contribution in [3.05, 3.63) is 83.9 Å². The van der Waals surface area contributed by atoms with Crippen molar-refractivity contribution in [3.63, 3.8) is 0 Å². The third-order valence-electron chi connectivity index (χ3n) is 4.99. The Labute approximate surface area is 238 Å². The van der Waals surface area contributed by atoms with E-state index in [2.05, 4.69) is 99.7 Å². The molecule has 0 aliphatic rings. The van der Waals surface area contributed by atoms with Crippen LogP contribution >= 0.6 is 0 Å². The molecule has 0 atom stereocenters. The van der Waals surface area contributed by atoms with Gasteiger partial charge < -0.3 is 34.0 Å². The van der Waals surface area contributed by atoms with Gasteiger partial charge in [-0.25, -0.2) is 0 Å². The Morgan fingerprint density at radius 3 is 1.31 bits per heavy atom. The maximum Gasteiger partial charge on any atom is 4.00 e. The Kier molecular flexibility index (Phi) is 21.3. The first kappa shape index (κ1) is 33.9. The normalized spacial score (nSPS) is 9.38. The molecule has 170 valence electrons. The number of rotatable bonds is 6. The molecule has 0 unspecified atom stereocenters. The van der Waals surface area contributed by atoms with E-state index in [1.54, 1.807) is 0 Å². The van der Waals surface area contributed by atoms with Crippen LogP contribution in [0, 0.1) is 0 Å². The van der Waals surface area contributed by atoms with Gasteiger partial charge >= 0.3 is 26.2 Å². The fraction of sp³-hybridized carbons (Fsp3) is 0.357. The number of halogens is 2. The number of fused-ring (bicyclic) bond motifs is 2. The number of unbranched alkanes of at least 4 members (excludes halogenated alkanes) is 2. The SMILES string of the molecule is CCCCc1cc2ccccc2[cH-]1.CCCCc1cc2ccccc2[cH-]1.C[Si]C.[Br-].[Br-].[Zr+4]. The van der Waals surface area contributed by atoms with Crippen LogP contribution in [0.2, 0.25) is 13.1 Å². The topological polar surface area (TPSA) is 0 Å². The van der Waals surface area contributed by atoms with Crippen LogP contribution in [0.3, 0.4) is 0 Å². The molecule has 0 aliphatic carbocycles. The molecule has 0 amide bonds. The summed E-state index contributed by atoms with van der Waals surface area (Å²) in [7, 11) is 1.08. The van der Waals surface area contributed by atoms with Gasteiger partial charge in [0.2, 0.25) is 0 Å². The molecule has 4 heteroatoms. The molecule has 0 heterocycles. The third-order valence-corrected chi connectivity index (χ3v) is 4.99. The second-order valence-electron chi connectivity index (χ2n) is 7.69. The molecule has 0 N–H and O–H groups in total. The van der Waals surface area contributed by atoms with E-state index in [-0.39, 0.29) is 60.2 Å². The van der Waals surface area contributed by atoms with Gasteiger partial charge in [0.05, 0.1) is 0 Å². The summed E-state index contributed by atoms with van der Waals surface area (Å²) in [5.41, 5.74) is 2.98. The van der Waals surface area contributed by atoms with E-state index in [1.165, 1.54) is 71.2 Å². The summed E-state index contributed by atoms with van der Waals surface area (Å²) in [5, 5.41) is 5.53. The van der Waals surface area contributed by atoms with Gasteiger partial charge in [-0.2, -0.15) is 12.1 Å². The fourth-order valence-electron chi connectivity index (χ4n) is 3.48. The minimum atomic E-state index is 0. The fourth-order valence-corrected chi connectivity index (χ4v) is 3.48. The van der Waals surface area contributed by atoms with E-state index in [9.17, 15) is 0 Å². The van der Waals surface area contributed by atoms with Crippen LogP contribution in [0.25, 0.3) is 21.5 Å². The van der Waals surface area contributed by atoms with Crippen molar-refractivity contribution in [1.82, 2.24) is 0 Å². The van der Waals surface area contributed by atoms with Gasteiger partial charge in [0, 0.05) is 9.52 Å². The number of hydrogen-bond donors (Lipinski definition) is 0. The van der Waals surface area contributed by atoms with Gasteiger partial charge in [0.15, 0.2) is 0 Å². The number of benzene rings is 2. The van der Waals surface area contributed by atoms with E-state index in [0.29, 0.717) is 0 Å². The summed E-state index contributed by atoms with van der Waals surface area (Å²) in [6, 6.07) is 26.4. The van der Waals surface area contributed by atoms with Crippen LogP contribution < -0.4 is 34.0 Å². The van der Waals surface area contributed by atoms with Crippen LogP contribution in [0.1, 0.15) is 50.7 Å². The Morgan fingerprint density at radius 1 is 0.656 bits per heavy atom. The molecule has 0 saturated carbocycles. The minimum Gasteiger partial charge on any atom is -1.00 e. The van der Waals surface area contributed by atoms with Crippen molar-refractivity contribution in [3.8, 4) is 0 Å². The number of hydrogen-bond acceptors (Lipinski definition) is 0. The molecule has 4 rings (SSSR count). The first-order chi connectivity index (χ1) is 14.2. The zero-order valence-electron chi connectivity index (χ0n) is 19.9. The average Bonchev–Trinajstić information content (AvgIpc) is 3.35. The standard InChI is InChI=1S/2C13H15.C2H6Si.2BrH.Zr/c2*1-2-3-6-11-9-12-7-4-5-8-13(12)10-11;1-3-2;;;/h2*4-5,7-10H,2-3,6H2,1H3;1-2H3;2*1H;/q2*-1;;;;+4/p-2. The van der Waals surface area contributed by atoms with E-state index in [4.69, 9.17) is 0 Å². The maximum absolute atomic E-state index is 2.31. The molecule has 0 spiro atoms. The van der Waals surface area contributed by atoms with Crippen LogP contribution in [-0.2, 0) is 39.0 Å². The van der Waals surface area contributed by atoms with E-state index < -0.39 is 0 Å². The molecule has 32 heavy (non-hydrogen) atoms. The monoisotopic (exact) mass is 648 g/mol. The second-order valence-corrected chi connectivity index (χ2v) is 8.69. The summed E-state index contributed by atoms with van der Waals surface area (Å²) in [4.78, 5) is 0. The molecular weight excluding hydrogens is 615 g/mol. The molecule has 0 fully saturated rings. The van der Waals surface area contributed by atoms with Crippen LogP contribution in [0.5, 0.6) is 0 Å². The third kappa shape index (κ3) is 11.7. The van der Waals surface area contributed by atoms with Crippen molar-refractivity contribution < 1.29 is 60.2 Å². The van der Waals surface area contributed by atoms with Crippen molar-refractivity contribution in [2.75, 3.05) is 0 Å². The minimum absolute atomic E-state index is 0. The van der Waals surface area contributed by atoms with Crippen molar-refractivity contribution >= 4 is 31.1 Å². The van der Waals surface area contributed by atoms with Gasteiger partial charge in [-0.3, -0.25) is 0 Å². The smallest absolute Gasteiger partial charge is 1.00 e. The van der Waals surface area contributed by atoms with Crippen molar-refractivity contribution in [2.45, 2.75) is 65.5 Å². The molecule has 0 nitrogen and oxygen atoms in total. The molecule has 0 aliphatic heterocycles.